The number of ketones is 1. The lowest BCUT2D eigenvalue weighted by molar-refractivity contribution is -0.127. The van der Waals surface area contributed by atoms with Crippen LogP contribution in [0.5, 0.6) is 5.75 Å². The first-order valence-electron chi connectivity index (χ1n) is 10.7. The van der Waals surface area contributed by atoms with Crippen LogP contribution in [0.3, 0.4) is 0 Å². The van der Waals surface area contributed by atoms with Crippen molar-refractivity contribution < 1.29 is 19.1 Å². The molecular formula is C23H21N7O4. The van der Waals surface area contributed by atoms with Gasteiger partial charge in [-0.2, -0.15) is 5.10 Å². The first kappa shape index (κ1) is 21.3. The Hall–Kier alpha value is -4.54. The van der Waals surface area contributed by atoms with Crippen LogP contribution in [0.2, 0.25) is 0 Å². The first-order chi connectivity index (χ1) is 16.6. The molecule has 5 rings (SSSR count). The molecule has 4 aromatic rings. The SMILES string of the molecule is COc1cnc(-n2cncn2)c2[nH]cc(C(=O)C(=O)N3CCN(C(=O)c4ccccc4)CC3)c12. The van der Waals surface area contributed by atoms with E-state index in [1.165, 1.54) is 41.7 Å². The molecule has 2 amide bonds. The number of carbonyl (C=O) groups excluding carboxylic acids is 3. The van der Waals surface area contributed by atoms with E-state index in [9.17, 15) is 14.4 Å². The monoisotopic (exact) mass is 459 g/mol. The van der Waals surface area contributed by atoms with Gasteiger partial charge in [-0.3, -0.25) is 14.4 Å². The summed E-state index contributed by atoms with van der Waals surface area (Å²) in [6.45, 7) is 1.25. The molecule has 1 aliphatic rings. The highest BCUT2D eigenvalue weighted by Gasteiger charge is 2.31. The summed E-state index contributed by atoms with van der Waals surface area (Å²) in [6.07, 6.45) is 5.81. The van der Waals surface area contributed by atoms with Gasteiger partial charge in [-0.1, -0.05) is 18.2 Å². The van der Waals surface area contributed by atoms with Gasteiger partial charge in [-0.15, -0.1) is 0 Å². The zero-order valence-corrected chi connectivity index (χ0v) is 18.3. The summed E-state index contributed by atoms with van der Waals surface area (Å²) in [5, 5.41) is 4.53. The fourth-order valence-corrected chi connectivity index (χ4v) is 4.06. The smallest absolute Gasteiger partial charge is 0.295 e. The van der Waals surface area contributed by atoms with E-state index < -0.39 is 11.7 Å². The van der Waals surface area contributed by atoms with E-state index in [4.69, 9.17) is 4.74 Å². The minimum Gasteiger partial charge on any atom is -0.494 e. The van der Waals surface area contributed by atoms with Crippen LogP contribution in [0.15, 0.2) is 55.4 Å². The van der Waals surface area contributed by atoms with E-state index in [1.54, 1.807) is 17.0 Å². The van der Waals surface area contributed by atoms with Crippen LogP contribution < -0.4 is 4.74 Å². The molecule has 0 atom stereocenters. The molecule has 0 saturated carbocycles. The predicted molar refractivity (Wildman–Crippen MR) is 121 cm³/mol. The van der Waals surface area contributed by atoms with E-state index in [0.29, 0.717) is 41.1 Å². The third kappa shape index (κ3) is 3.66. The normalized spacial score (nSPS) is 13.8. The molecule has 11 heteroatoms. The Kier molecular flexibility index (Phi) is 5.50. The minimum absolute atomic E-state index is 0.0893. The van der Waals surface area contributed by atoms with Crippen LogP contribution in [0, 0.1) is 0 Å². The van der Waals surface area contributed by atoms with Crippen molar-refractivity contribution in [1.29, 1.82) is 0 Å². The van der Waals surface area contributed by atoms with E-state index in [2.05, 4.69) is 20.1 Å². The van der Waals surface area contributed by atoms with Gasteiger partial charge in [0.2, 0.25) is 0 Å². The number of methoxy groups -OCH3 is 1. The molecule has 1 saturated heterocycles. The number of benzene rings is 1. The lowest BCUT2D eigenvalue weighted by Crippen LogP contribution is -2.52. The molecule has 1 aliphatic heterocycles. The van der Waals surface area contributed by atoms with Crippen molar-refractivity contribution in [2.75, 3.05) is 33.3 Å². The molecule has 4 heterocycles. The number of H-pyrrole nitrogens is 1. The number of nitrogens with zero attached hydrogens (tertiary/aromatic N) is 6. The number of aromatic amines is 1. The van der Waals surface area contributed by atoms with Crippen LogP contribution in [-0.4, -0.2) is 85.4 Å². The number of aromatic nitrogens is 5. The lowest BCUT2D eigenvalue weighted by atomic mass is 10.1. The van der Waals surface area contributed by atoms with Crippen molar-refractivity contribution in [2.24, 2.45) is 0 Å². The summed E-state index contributed by atoms with van der Waals surface area (Å²) >= 11 is 0. The largest absolute Gasteiger partial charge is 0.494 e. The van der Waals surface area contributed by atoms with Crippen LogP contribution in [0.1, 0.15) is 20.7 Å². The molecule has 0 aliphatic carbocycles. The Balaban J connectivity index is 1.36. The Morgan fingerprint density at radius 2 is 1.76 bits per heavy atom. The molecule has 172 valence electrons. The van der Waals surface area contributed by atoms with E-state index in [1.807, 2.05) is 18.2 Å². The maximum absolute atomic E-state index is 13.2. The number of Topliss-reactive ketones (excluding diaryl/α,β-unsaturated/α-hetero) is 1. The predicted octanol–water partition coefficient (Wildman–Crippen LogP) is 1.32. The summed E-state index contributed by atoms with van der Waals surface area (Å²) < 4.78 is 6.86. The van der Waals surface area contributed by atoms with Gasteiger partial charge in [0.15, 0.2) is 5.82 Å². The van der Waals surface area contributed by atoms with Crippen molar-refractivity contribution >= 4 is 28.5 Å². The van der Waals surface area contributed by atoms with E-state index in [-0.39, 0.29) is 24.6 Å². The number of hydrogen-bond acceptors (Lipinski definition) is 7. The number of carbonyl (C=O) groups is 3. The number of nitrogens with one attached hydrogen (secondary N) is 1. The third-order valence-electron chi connectivity index (χ3n) is 5.82. The highest BCUT2D eigenvalue weighted by Crippen LogP contribution is 2.31. The number of fused-ring (bicyclic) bond motifs is 1. The summed E-state index contributed by atoms with van der Waals surface area (Å²) in [5.74, 6) is -0.604. The maximum atomic E-state index is 13.2. The van der Waals surface area contributed by atoms with Crippen LogP contribution in [0.4, 0.5) is 0 Å². The van der Waals surface area contributed by atoms with Gasteiger partial charge in [0.25, 0.3) is 17.6 Å². The second-order valence-corrected chi connectivity index (χ2v) is 7.72. The van der Waals surface area contributed by atoms with Crippen molar-refractivity contribution in [1.82, 2.24) is 34.5 Å². The molecule has 0 radical (unpaired) electrons. The first-order valence-corrected chi connectivity index (χ1v) is 10.7. The van der Waals surface area contributed by atoms with Crippen molar-refractivity contribution in [3.8, 4) is 11.6 Å². The van der Waals surface area contributed by atoms with Gasteiger partial charge >= 0.3 is 0 Å². The number of ether oxygens (including phenoxy) is 1. The van der Waals surface area contributed by atoms with Gasteiger partial charge in [0.05, 0.1) is 29.8 Å². The van der Waals surface area contributed by atoms with Gasteiger partial charge in [0.1, 0.15) is 18.4 Å². The highest BCUT2D eigenvalue weighted by atomic mass is 16.5. The molecule has 34 heavy (non-hydrogen) atoms. The van der Waals surface area contributed by atoms with Gasteiger partial charge in [-0.05, 0) is 12.1 Å². The quantitative estimate of drug-likeness (QED) is 0.352. The van der Waals surface area contributed by atoms with Crippen LogP contribution in [0.25, 0.3) is 16.7 Å². The Bertz CT molecular complexity index is 1360. The highest BCUT2D eigenvalue weighted by molar-refractivity contribution is 6.45. The second-order valence-electron chi connectivity index (χ2n) is 7.72. The summed E-state index contributed by atoms with van der Waals surface area (Å²) in [6, 6.07) is 8.99. The van der Waals surface area contributed by atoms with Crippen molar-refractivity contribution in [3.63, 3.8) is 0 Å². The zero-order valence-electron chi connectivity index (χ0n) is 18.3. The van der Waals surface area contributed by atoms with Crippen molar-refractivity contribution in [2.45, 2.75) is 0 Å². The van der Waals surface area contributed by atoms with E-state index >= 15 is 0 Å². The standard InChI is InChI=1S/C23H21N7O4/c1-34-17-12-26-21(30-14-24-13-27-30)19-18(17)16(11-25-19)20(31)23(33)29-9-7-28(8-10-29)22(32)15-5-3-2-4-6-15/h2-6,11-14,25H,7-10H2,1H3. The van der Waals surface area contributed by atoms with E-state index in [0.717, 1.165) is 0 Å². The summed E-state index contributed by atoms with van der Waals surface area (Å²) in [7, 11) is 1.47. The number of piperazine rings is 1. The summed E-state index contributed by atoms with van der Waals surface area (Å²) in [4.78, 5) is 53.4. The number of hydrogen-bond donors (Lipinski definition) is 1. The minimum atomic E-state index is -0.664. The van der Waals surface area contributed by atoms with Crippen LogP contribution in [-0.2, 0) is 4.79 Å². The average molecular weight is 459 g/mol. The molecule has 0 unspecified atom stereocenters. The van der Waals surface area contributed by atoms with Crippen LogP contribution >= 0.6 is 0 Å². The van der Waals surface area contributed by atoms with Gasteiger partial charge in [-0.25, -0.2) is 14.6 Å². The fourth-order valence-electron chi connectivity index (χ4n) is 4.06. The molecule has 1 fully saturated rings. The topological polar surface area (TPSA) is 126 Å². The molecule has 0 bridgehead atoms. The van der Waals surface area contributed by atoms with Gasteiger partial charge < -0.3 is 19.5 Å². The second kappa shape index (κ2) is 8.77. The number of rotatable bonds is 5. The third-order valence-corrected chi connectivity index (χ3v) is 5.82. The molecular weight excluding hydrogens is 438 g/mol. The average Bonchev–Trinajstić information content (AvgIpc) is 3.58. The fraction of sp³-hybridized carbons (Fsp3) is 0.217. The molecule has 3 aromatic heterocycles. The van der Waals surface area contributed by atoms with Gasteiger partial charge in [0, 0.05) is 37.9 Å². The Morgan fingerprint density at radius 1 is 1.03 bits per heavy atom. The number of pyridine rings is 1. The Labute approximate surface area is 194 Å². The molecule has 1 N–H and O–H groups in total. The van der Waals surface area contributed by atoms with Crippen molar-refractivity contribution in [3.05, 3.63) is 66.5 Å². The Morgan fingerprint density at radius 3 is 2.44 bits per heavy atom. The number of amides is 2. The lowest BCUT2D eigenvalue weighted by Gasteiger charge is -2.34. The molecule has 11 nitrogen and oxygen atoms in total. The molecule has 1 aromatic carbocycles. The zero-order chi connectivity index (χ0) is 23.7. The summed E-state index contributed by atoms with van der Waals surface area (Å²) in [5.41, 5.74) is 1.28. The maximum Gasteiger partial charge on any atom is 0.295 e. The molecule has 0 spiro atoms.